The number of aliphatic hydroxyl groups excluding tert-OH is 1. The molecule has 0 aliphatic carbocycles. The summed E-state index contributed by atoms with van der Waals surface area (Å²) in [6.45, 7) is 2.67. The Morgan fingerprint density at radius 1 is 1.14 bits per heavy atom. The number of hydrogen-bond donors (Lipinski definition) is 3. The Bertz CT molecular complexity index is 246. The molecule has 0 aliphatic rings. The van der Waals surface area contributed by atoms with Gasteiger partial charge in [-0.15, -0.1) is 0 Å². The Morgan fingerprint density at radius 2 is 1.79 bits per heavy atom. The van der Waals surface area contributed by atoms with Crippen molar-refractivity contribution in [3.05, 3.63) is 35.4 Å². The van der Waals surface area contributed by atoms with Crippen LogP contribution < -0.4 is 11.1 Å². The van der Waals surface area contributed by atoms with E-state index in [4.69, 9.17) is 10.8 Å². The maximum Gasteiger partial charge on any atom is 0.0681 e. The summed E-state index contributed by atoms with van der Waals surface area (Å²) in [6, 6.07) is 7.95. The van der Waals surface area contributed by atoms with Crippen LogP contribution in [0.25, 0.3) is 0 Å². The average molecular weight is 194 g/mol. The minimum absolute atomic E-state index is 0.112. The second kappa shape index (κ2) is 6.54. The van der Waals surface area contributed by atoms with Crippen molar-refractivity contribution in [2.45, 2.75) is 19.6 Å². The Hall–Kier alpha value is -0.900. The predicted molar refractivity (Wildman–Crippen MR) is 57.7 cm³/mol. The SMILES string of the molecule is NCCCNCc1ccc(CO)cc1. The third-order valence-electron chi connectivity index (χ3n) is 2.09. The molecule has 0 saturated heterocycles. The largest absolute Gasteiger partial charge is 0.392 e. The van der Waals surface area contributed by atoms with Crippen molar-refractivity contribution < 1.29 is 5.11 Å². The minimum atomic E-state index is 0.112. The van der Waals surface area contributed by atoms with E-state index < -0.39 is 0 Å². The summed E-state index contributed by atoms with van der Waals surface area (Å²) in [4.78, 5) is 0. The fourth-order valence-electron chi connectivity index (χ4n) is 1.22. The first kappa shape index (κ1) is 11.2. The van der Waals surface area contributed by atoms with E-state index >= 15 is 0 Å². The highest BCUT2D eigenvalue weighted by molar-refractivity contribution is 5.21. The van der Waals surface area contributed by atoms with E-state index in [1.54, 1.807) is 0 Å². The van der Waals surface area contributed by atoms with E-state index in [0.717, 1.165) is 31.6 Å². The lowest BCUT2D eigenvalue weighted by atomic mass is 10.1. The monoisotopic (exact) mass is 194 g/mol. The second-order valence-corrected chi connectivity index (χ2v) is 3.29. The molecule has 0 spiro atoms. The molecule has 0 unspecified atom stereocenters. The molecule has 3 heteroatoms. The fraction of sp³-hybridized carbons (Fsp3) is 0.455. The molecule has 0 bridgehead atoms. The van der Waals surface area contributed by atoms with Gasteiger partial charge in [0.05, 0.1) is 6.61 Å². The van der Waals surface area contributed by atoms with Gasteiger partial charge in [0.15, 0.2) is 0 Å². The number of nitrogens with two attached hydrogens (primary N) is 1. The molecular weight excluding hydrogens is 176 g/mol. The van der Waals surface area contributed by atoms with Crippen LogP contribution in [-0.4, -0.2) is 18.2 Å². The molecule has 78 valence electrons. The Kier molecular flexibility index (Phi) is 5.22. The van der Waals surface area contributed by atoms with E-state index in [9.17, 15) is 0 Å². The second-order valence-electron chi connectivity index (χ2n) is 3.29. The molecule has 0 aromatic heterocycles. The van der Waals surface area contributed by atoms with Gasteiger partial charge in [-0.3, -0.25) is 0 Å². The van der Waals surface area contributed by atoms with Crippen LogP contribution in [0.3, 0.4) is 0 Å². The molecule has 1 aromatic rings. The highest BCUT2D eigenvalue weighted by Gasteiger charge is 1.93. The third kappa shape index (κ3) is 3.87. The van der Waals surface area contributed by atoms with E-state index in [-0.39, 0.29) is 6.61 Å². The van der Waals surface area contributed by atoms with Crippen LogP contribution in [0.4, 0.5) is 0 Å². The molecule has 14 heavy (non-hydrogen) atoms. The van der Waals surface area contributed by atoms with Crippen molar-refractivity contribution in [2.75, 3.05) is 13.1 Å². The van der Waals surface area contributed by atoms with Crippen molar-refractivity contribution in [2.24, 2.45) is 5.73 Å². The topological polar surface area (TPSA) is 58.3 Å². The zero-order valence-corrected chi connectivity index (χ0v) is 8.37. The van der Waals surface area contributed by atoms with Crippen LogP contribution >= 0.6 is 0 Å². The molecule has 0 heterocycles. The average Bonchev–Trinajstić information content (AvgIpc) is 2.25. The summed E-state index contributed by atoms with van der Waals surface area (Å²) < 4.78 is 0. The van der Waals surface area contributed by atoms with Gasteiger partial charge in [0.2, 0.25) is 0 Å². The molecule has 0 aliphatic heterocycles. The van der Waals surface area contributed by atoms with Gasteiger partial charge in [-0.1, -0.05) is 24.3 Å². The fourth-order valence-corrected chi connectivity index (χ4v) is 1.22. The number of aliphatic hydroxyl groups is 1. The Labute approximate surface area is 84.9 Å². The lowest BCUT2D eigenvalue weighted by molar-refractivity contribution is 0.282. The molecule has 0 fully saturated rings. The molecule has 3 nitrogen and oxygen atoms in total. The van der Waals surface area contributed by atoms with Crippen LogP contribution in [-0.2, 0) is 13.2 Å². The first-order valence-electron chi connectivity index (χ1n) is 4.96. The smallest absolute Gasteiger partial charge is 0.0681 e. The number of rotatable bonds is 6. The highest BCUT2D eigenvalue weighted by Crippen LogP contribution is 2.03. The van der Waals surface area contributed by atoms with Crippen LogP contribution in [0.1, 0.15) is 17.5 Å². The summed E-state index contributed by atoms with van der Waals surface area (Å²) in [5.41, 5.74) is 7.57. The van der Waals surface area contributed by atoms with Crippen molar-refractivity contribution in [3.8, 4) is 0 Å². The van der Waals surface area contributed by atoms with Crippen LogP contribution in [0.2, 0.25) is 0 Å². The van der Waals surface area contributed by atoms with Gasteiger partial charge in [-0.25, -0.2) is 0 Å². The predicted octanol–water partition coefficient (Wildman–Crippen LogP) is 0.617. The maximum atomic E-state index is 8.85. The van der Waals surface area contributed by atoms with E-state index in [1.165, 1.54) is 5.56 Å². The molecule has 0 radical (unpaired) electrons. The van der Waals surface area contributed by atoms with Gasteiger partial charge in [0, 0.05) is 6.54 Å². The molecular formula is C11H18N2O. The van der Waals surface area contributed by atoms with Crippen LogP contribution in [0, 0.1) is 0 Å². The Morgan fingerprint density at radius 3 is 2.36 bits per heavy atom. The molecule has 0 saturated carbocycles. The van der Waals surface area contributed by atoms with Crippen LogP contribution in [0.15, 0.2) is 24.3 Å². The summed E-state index contributed by atoms with van der Waals surface area (Å²) in [7, 11) is 0. The van der Waals surface area contributed by atoms with E-state index in [2.05, 4.69) is 5.32 Å². The zero-order valence-electron chi connectivity index (χ0n) is 8.37. The molecule has 0 amide bonds. The minimum Gasteiger partial charge on any atom is -0.392 e. The number of nitrogens with one attached hydrogen (secondary N) is 1. The van der Waals surface area contributed by atoms with Gasteiger partial charge >= 0.3 is 0 Å². The third-order valence-corrected chi connectivity index (χ3v) is 2.09. The normalized spacial score (nSPS) is 10.4. The van der Waals surface area contributed by atoms with E-state index in [1.807, 2.05) is 24.3 Å². The van der Waals surface area contributed by atoms with Crippen LogP contribution in [0.5, 0.6) is 0 Å². The maximum absolute atomic E-state index is 8.85. The van der Waals surface area contributed by atoms with Crippen molar-refractivity contribution >= 4 is 0 Å². The first-order valence-corrected chi connectivity index (χ1v) is 4.96. The van der Waals surface area contributed by atoms with Gasteiger partial charge in [0.25, 0.3) is 0 Å². The molecule has 1 aromatic carbocycles. The summed E-state index contributed by atoms with van der Waals surface area (Å²) in [5, 5.41) is 12.1. The Balaban J connectivity index is 2.29. The van der Waals surface area contributed by atoms with Gasteiger partial charge in [-0.05, 0) is 30.6 Å². The van der Waals surface area contributed by atoms with Crippen molar-refractivity contribution in [1.82, 2.24) is 5.32 Å². The van der Waals surface area contributed by atoms with Crippen molar-refractivity contribution in [3.63, 3.8) is 0 Å². The van der Waals surface area contributed by atoms with E-state index in [0.29, 0.717) is 0 Å². The van der Waals surface area contributed by atoms with Gasteiger partial charge < -0.3 is 16.2 Å². The lowest BCUT2D eigenvalue weighted by Crippen LogP contribution is -2.17. The molecule has 1 rings (SSSR count). The zero-order chi connectivity index (χ0) is 10.2. The highest BCUT2D eigenvalue weighted by atomic mass is 16.3. The standard InChI is InChI=1S/C11H18N2O/c12-6-1-7-13-8-10-2-4-11(9-14)5-3-10/h2-5,13-14H,1,6-9,12H2. The summed E-state index contributed by atoms with van der Waals surface area (Å²) in [5.74, 6) is 0. The van der Waals surface area contributed by atoms with Crippen molar-refractivity contribution in [1.29, 1.82) is 0 Å². The molecule has 4 N–H and O–H groups in total. The number of benzene rings is 1. The lowest BCUT2D eigenvalue weighted by Gasteiger charge is -2.04. The van der Waals surface area contributed by atoms with Gasteiger partial charge in [0.1, 0.15) is 0 Å². The van der Waals surface area contributed by atoms with Gasteiger partial charge in [-0.2, -0.15) is 0 Å². The summed E-state index contributed by atoms with van der Waals surface area (Å²) >= 11 is 0. The first-order chi connectivity index (χ1) is 6.86. The quantitative estimate of drug-likeness (QED) is 0.582. The molecule has 0 atom stereocenters. The summed E-state index contributed by atoms with van der Waals surface area (Å²) in [6.07, 6.45) is 1.01. The number of hydrogen-bond acceptors (Lipinski definition) is 3.